The number of carbonyl (C=O) groups is 1. The molecule has 0 aromatic carbocycles. The van der Waals surface area contributed by atoms with E-state index in [1.54, 1.807) is 0 Å². The maximum atomic E-state index is 11.5. The Bertz CT molecular complexity index is 473. The molecular formula is C21H39Na2O7P. The molecule has 1 N–H and O–H groups in total. The molecule has 0 aliphatic carbocycles. The zero-order valence-corrected chi connectivity index (χ0v) is 24.8. The molecule has 7 nitrogen and oxygen atoms in total. The number of hydrogen-bond acceptors (Lipinski definition) is 7. The fraction of sp³-hybridized carbons (Fsp3) is 0.857. The molecule has 1 atom stereocenters. The summed E-state index contributed by atoms with van der Waals surface area (Å²) in [6.07, 6.45) is 18.8. The molecule has 0 fully saturated rings. The Morgan fingerprint density at radius 3 is 1.87 bits per heavy atom. The second-order valence-electron chi connectivity index (χ2n) is 7.41. The van der Waals surface area contributed by atoms with E-state index in [9.17, 15) is 24.3 Å². The summed E-state index contributed by atoms with van der Waals surface area (Å²) < 4.78 is 19.0. The molecule has 0 aliphatic rings. The Labute approximate surface area is 232 Å². The zero-order chi connectivity index (χ0) is 21.8. The molecule has 0 amide bonds. The number of aliphatic hydroxyl groups excluding tert-OH is 1. The first kappa shape index (κ1) is 36.8. The first-order chi connectivity index (χ1) is 13.8. The monoisotopic (exact) mass is 480 g/mol. The molecule has 31 heavy (non-hydrogen) atoms. The molecule has 0 heterocycles. The average molecular weight is 480 g/mol. The van der Waals surface area contributed by atoms with Crippen LogP contribution in [0.4, 0.5) is 0 Å². The fourth-order valence-electron chi connectivity index (χ4n) is 2.83. The van der Waals surface area contributed by atoms with Gasteiger partial charge in [-0.3, -0.25) is 4.79 Å². The van der Waals surface area contributed by atoms with E-state index in [1.807, 2.05) is 0 Å². The third-order valence-electron chi connectivity index (χ3n) is 4.50. The van der Waals surface area contributed by atoms with Crippen molar-refractivity contribution in [2.24, 2.45) is 0 Å². The minimum Gasteiger partial charge on any atom is -0.790 e. The van der Waals surface area contributed by atoms with Crippen LogP contribution in [-0.2, 0) is 18.6 Å². The van der Waals surface area contributed by atoms with Crippen LogP contribution < -0.4 is 68.9 Å². The molecule has 0 radical (unpaired) electrons. The number of ether oxygens (including phenoxy) is 1. The van der Waals surface area contributed by atoms with Crippen LogP contribution in [0.15, 0.2) is 12.2 Å². The number of phosphoric ester groups is 1. The second kappa shape index (κ2) is 25.9. The SMILES string of the molecule is CCCCCCCC/C=C\CCCCCCCC(=O)OC[C@H](O)COP(=O)([O-])[O-].[Na+].[Na+]. The Kier molecular flexibility index (Phi) is 30.8. The summed E-state index contributed by atoms with van der Waals surface area (Å²) in [5.74, 6) is -0.450. The maximum Gasteiger partial charge on any atom is 1.00 e. The third kappa shape index (κ3) is 31.3. The van der Waals surface area contributed by atoms with E-state index in [1.165, 1.54) is 44.9 Å². The molecule has 0 spiro atoms. The van der Waals surface area contributed by atoms with Gasteiger partial charge in [0, 0.05) is 6.42 Å². The molecule has 0 saturated carbocycles. The number of phosphoric acid groups is 1. The van der Waals surface area contributed by atoms with E-state index >= 15 is 0 Å². The summed E-state index contributed by atoms with van der Waals surface area (Å²) in [4.78, 5) is 32.1. The molecule has 0 aromatic rings. The quantitative estimate of drug-likeness (QED) is 0.0690. The molecule has 0 rings (SSSR count). The van der Waals surface area contributed by atoms with Gasteiger partial charge in [0.05, 0.1) is 14.4 Å². The van der Waals surface area contributed by atoms with E-state index in [2.05, 4.69) is 23.6 Å². The first-order valence-electron chi connectivity index (χ1n) is 11.0. The van der Waals surface area contributed by atoms with Gasteiger partial charge >= 0.3 is 65.1 Å². The maximum absolute atomic E-state index is 11.5. The summed E-state index contributed by atoms with van der Waals surface area (Å²) in [7, 11) is -5.12. The molecule has 0 aliphatic heterocycles. The summed E-state index contributed by atoms with van der Waals surface area (Å²) in [6.45, 7) is 1.15. The minimum absolute atomic E-state index is 0. The van der Waals surface area contributed by atoms with Gasteiger partial charge in [0.2, 0.25) is 0 Å². The standard InChI is InChI=1S/C21H41O7P.2Na/c1-2-3-4-5-6-7-8-9-10-11-12-13-14-15-16-17-21(23)27-18-20(22)19-28-29(24,25)26;;/h9-10,20,22H,2-8,11-19H2,1H3,(H2,24,25,26);;/q;2*+1/p-2/b10-9-;;/t20-;;/m0../s1. The number of unbranched alkanes of at least 4 members (excludes halogenated alkanes) is 11. The third-order valence-corrected chi connectivity index (χ3v) is 4.97. The van der Waals surface area contributed by atoms with Crippen molar-refractivity contribution in [2.45, 2.75) is 103 Å². The number of rotatable bonds is 20. The summed E-state index contributed by atoms with van der Waals surface area (Å²) in [5, 5.41) is 9.36. The molecule has 0 aromatic heterocycles. The van der Waals surface area contributed by atoms with Gasteiger partial charge in [-0.2, -0.15) is 0 Å². The molecule has 0 bridgehead atoms. The van der Waals surface area contributed by atoms with Crippen LogP contribution in [0.3, 0.4) is 0 Å². The number of allylic oxidation sites excluding steroid dienone is 2. The van der Waals surface area contributed by atoms with Gasteiger partial charge in [-0.15, -0.1) is 0 Å². The average Bonchev–Trinajstić information content (AvgIpc) is 2.67. The normalized spacial score (nSPS) is 12.3. The van der Waals surface area contributed by atoms with Gasteiger partial charge in [-0.05, 0) is 32.1 Å². The predicted octanol–water partition coefficient (Wildman–Crippen LogP) is -2.22. The zero-order valence-electron chi connectivity index (χ0n) is 19.9. The van der Waals surface area contributed by atoms with Gasteiger partial charge in [-0.25, -0.2) is 0 Å². The van der Waals surface area contributed by atoms with E-state index in [4.69, 9.17) is 4.74 Å². The first-order valence-corrected chi connectivity index (χ1v) is 12.5. The van der Waals surface area contributed by atoms with Gasteiger partial charge in [0.15, 0.2) is 0 Å². The van der Waals surface area contributed by atoms with Crippen LogP contribution in [0.5, 0.6) is 0 Å². The second-order valence-corrected chi connectivity index (χ2v) is 8.57. The number of esters is 1. The minimum atomic E-state index is -5.12. The van der Waals surface area contributed by atoms with Gasteiger partial charge in [-0.1, -0.05) is 70.4 Å². The Balaban J connectivity index is -0.00000392. The van der Waals surface area contributed by atoms with Gasteiger partial charge in [0.25, 0.3) is 0 Å². The van der Waals surface area contributed by atoms with Crippen molar-refractivity contribution in [1.29, 1.82) is 0 Å². The summed E-state index contributed by atoms with van der Waals surface area (Å²) in [5.41, 5.74) is 0. The van der Waals surface area contributed by atoms with Crippen LogP contribution in [0.2, 0.25) is 0 Å². The van der Waals surface area contributed by atoms with Crippen molar-refractivity contribution in [2.75, 3.05) is 13.2 Å². The fourth-order valence-corrected chi connectivity index (χ4v) is 3.18. The van der Waals surface area contributed by atoms with Gasteiger partial charge in [0.1, 0.15) is 12.7 Å². The Hall–Kier alpha value is 1.28. The van der Waals surface area contributed by atoms with Crippen LogP contribution in [0.25, 0.3) is 0 Å². The molecule has 10 heteroatoms. The summed E-state index contributed by atoms with van der Waals surface area (Å²) >= 11 is 0. The molecule has 0 unspecified atom stereocenters. The van der Waals surface area contributed by atoms with Crippen LogP contribution in [0, 0.1) is 0 Å². The van der Waals surface area contributed by atoms with E-state index in [0.717, 1.165) is 38.5 Å². The largest absolute Gasteiger partial charge is 1.00 e. The van der Waals surface area contributed by atoms with Crippen molar-refractivity contribution in [3.63, 3.8) is 0 Å². The van der Waals surface area contributed by atoms with Crippen LogP contribution in [0.1, 0.15) is 96.8 Å². The summed E-state index contributed by atoms with van der Waals surface area (Å²) in [6, 6.07) is 0. The Morgan fingerprint density at radius 1 is 0.871 bits per heavy atom. The van der Waals surface area contributed by atoms with Crippen molar-refractivity contribution < 1.29 is 92.6 Å². The van der Waals surface area contributed by atoms with Crippen molar-refractivity contribution in [3.05, 3.63) is 12.2 Å². The smallest absolute Gasteiger partial charge is 0.790 e. The van der Waals surface area contributed by atoms with E-state index < -0.39 is 26.5 Å². The predicted molar refractivity (Wildman–Crippen MR) is 110 cm³/mol. The van der Waals surface area contributed by atoms with E-state index in [0.29, 0.717) is 0 Å². The van der Waals surface area contributed by atoms with E-state index in [-0.39, 0.29) is 72.1 Å². The van der Waals surface area contributed by atoms with Crippen molar-refractivity contribution in [3.8, 4) is 0 Å². The number of hydrogen-bond donors (Lipinski definition) is 1. The number of aliphatic hydroxyl groups is 1. The van der Waals surface area contributed by atoms with Crippen molar-refractivity contribution >= 4 is 13.8 Å². The van der Waals surface area contributed by atoms with Gasteiger partial charge < -0.3 is 28.7 Å². The Morgan fingerprint density at radius 2 is 1.35 bits per heavy atom. The topological polar surface area (TPSA) is 119 Å². The molecule has 0 saturated heterocycles. The molecular weight excluding hydrogens is 441 g/mol. The number of carbonyl (C=O) groups excluding carboxylic acids is 1. The van der Waals surface area contributed by atoms with Crippen molar-refractivity contribution in [1.82, 2.24) is 0 Å². The van der Waals surface area contributed by atoms with Crippen LogP contribution in [-0.4, -0.2) is 30.4 Å². The molecule has 172 valence electrons. The van der Waals surface area contributed by atoms with Crippen LogP contribution >= 0.6 is 7.82 Å².